The first-order valence-corrected chi connectivity index (χ1v) is 10.9. The molecular formula is C20H19N5OS2. The highest BCUT2D eigenvalue weighted by atomic mass is 32.1. The van der Waals surface area contributed by atoms with Crippen molar-refractivity contribution in [2.24, 2.45) is 0 Å². The van der Waals surface area contributed by atoms with Crippen LogP contribution in [0.5, 0.6) is 0 Å². The number of aromatic nitrogens is 4. The molecule has 1 aliphatic carbocycles. The first kappa shape index (κ1) is 17.5. The largest absolute Gasteiger partial charge is 0.296 e. The number of rotatable bonds is 5. The van der Waals surface area contributed by atoms with Crippen molar-refractivity contribution in [2.45, 2.75) is 39.2 Å². The number of nitrogens with zero attached hydrogens (tertiary/aromatic N) is 4. The number of carbonyl (C=O) groups excluding carboxylic acids is 1. The molecule has 4 aromatic rings. The van der Waals surface area contributed by atoms with Crippen molar-refractivity contribution in [3.8, 4) is 0 Å². The monoisotopic (exact) mass is 409 g/mol. The lowest BCUT2D eigenvalue weighted by atomic mass is 10.1. The third-order valence-corrected chi connectivity index (χ3v) is 7.02. The molecule has 28 heavy (non-hydrogen) atoms. The van der Waals surface area contributed by atoms with Crippen LogP contribution in [0.2, 0.25) is 0 Å². The molecule has 1 aromatic carbocycles. The Labute approximate surface area is 170 Å². The number of aryl methyl sites for hydroxylation is 2. The zero-order valence-electron chi connectivity index (χ0n) is 15.6. The molecule has 3 heterocycles. The fraction of sp³-hybridized carbons (Fsp3) is 0.300. The van der Waals surface area contributed by atoms with E-state index in [1.165, 1.54) is 46.6 Å². The van der Waals surface area contributed by atoms with E-state index in [1.807, 2.05) is 17.7 Å². The summed E-state index contributed by atoms with van der Waals surface area (Å²) in [5, 5.41) is 18.5. The average Bonchev–Trinajstić information content (AvgIpc) is 3.14. The molecule has 0 unspecified atom stereocenters. The Balaban J connectivity index is 1.39. The van der Waals surface area contributed by atoms with Gasteiger partial charge in [0.25, 0.3) is 5.91 Å². The van der Waals surface area contributed by atoms with Gasteiger partial charge in [0, 0.05) is 11.3 Å². The Morgan fingerprint density at radius 2 is 1.96 bits per heavy atom. The van der Waals surface area contributed by atoms with Crippen LogP contribution in [0.3, 0.4) is 0 Å². The van der Waals surface area contributed by atoms with Crippen LogP contribution in [0.15, 0.2) is 30.3 Å². The highest BCUT2D eigenvalue weighted by Crippen LogP contribution is 2.42. The Kier molecular flexibility index (Phi) is 4.25. The summed E-state index contributed by atoms with van der Waals surface area (Å²) >= 11 is 2.94. The van der Waals surface area contributed by atoms with E-state index in [4.69, 9.17) is 0 Å². The van der Waals surface area contributed by atoms with Crippen LogP contribution in [0.25, 0.3) is 10.2 Å². The summed E-state index contributed by atoms with van der Waals surface area (Å²) in [7, 11) is 0. The van der Waals surface area contributed by atoms with Crippen LogP contribution >= 0.6 is 22.7 Å². The number of thiophene rings is 1. The average molecular weight is 410 g/mol. The summed E-state index contributed by atoms with van der Waals surface area (Å²) in [4.78, 5) is 14.4. The van der Waals surface area contributed by atoms with E-state index in [1.54, 1.807) is 0 Å². The second-order valence-corrected chi connectivity index (χ2v) is 9.27. The molecule has 0 atom stereocenters. The van der Waals surface area contributed by atoms with E-state index in [-0.39, 0.29) is 5.91 Å². The smallest absolute Gasteiger partial charge is 0.267 e. The summed E-state index contributed by atoms with van der Waals surface area (Å²) in [6.45, 7) is 4.75. The van der Waals surface area contributed by atoms with E-state index in [0.717, 1.165) is 20.9 Å². The van der Waals surface area contributed by atoms with Crippen molar-refractivity contribution >= 4 is 43.9 Å². The van der Waals surface area contributed by atoms with E-state index < -0.39 is 0 Å². The van der Waals surface area contributed by atoms with Gasteiger partial charge >= 0.3 is 0 Å². The maximum Gasteiger partial charge on any atom is 0.267 e. The second-order valence-electron chi connectivity index (χ2n) is 7.23. The fourth-order valence-corrected chi connectivity index (χ4v) is 5.10. The van der Waals surface area contributed by atoms with Crippen LogP contribution in [0.1, 0.15) is 50.3 Å². The van der Waals surface area contributed by atoms with Gasteiger partial charge < -0.3 is 0 Å². The number of hydrogen-bond donors (Lipinski definition) is 1. The van der Waals surface area contributed by atoms with Crippen LogP contribution < -0.4 is 5.32 Å². The predicted octanol–water partition coefficient (Wildman–Crippen LogP) is 4.74. The van der Waals surface area contributed by atoms with E-state index in [0.29, 0.717) is 22.5 Å². The van der Waals surface area contributed by atoms with Gasteiger partial charge in [-0.2, -0.15) is 5.10 Å². The minimum Gasteiger partial charge on any atom is -0.296 e. The predicted molar refractivity (Wildman–Crippen MR) is 112 cm³/mol. The molecule has 1 fully saturated rings. The molecule has 0 radical (unpaired) electrons. The van der Waals surface area contributed by atoms with Gasteiger partial charge in [-0.1, -0.05) is 41.2 Å². The highest BCUT2D eigenvalue weighted by Gasteiger charge is 2.28. The molecule has 1 saturated carbocycles. The highest BCUT2D eigenvalue weighted by molar-refractivity contribution is 7.20. The Bertz CT molecular complexity index is 1170. The van der Waals surface area contributed by atoms with E-state index in [9.17, 15) is 4.79 Å². The van der Waals surface area contributed by atoms with Gasteiger partial charge in [0.2, 0.25) is 5.13 Å². The maximum atomic E-state index is 12.7. The van der Waals surface area contributed by atoms with Crippen molar-refractivity contribution in [3.05, 3.63) is 57.0 Å². The lowest BCUT2D eigenvalue weighted by molar-refractivity contribution is 0.103. The molecular weight excluding hydrogens is 390 g/mol. The lowest BCUT2D eigenvalue weighted by Gasteiger charge is -2.03. The molecule has 6 nitrogen and oxygen atoms in total. The number of fused-ring (bicyclic) bond motifs is 1. The van der Waals surface area contributed by atoms with E-state index >= 15 is 0 Å². The first-order chi connectivity index (χ1) is 13.6. The molecule has 1 N–H and O–H groups in total. The standard InChI is InChI=1S/C20H19N5OS2/c1-11-3-5-13(6-4-11)10-25-19-15(12(2)24-25)9-16(27-19)17(26)21-20-23-22-18(28-20)14-7-8-14/h3-6,9,14H,7-8,10H2,1-2H3,(H,21,23,26). The van der Waals surface area contributed by atoms with Crippen molar-refractivity contribution in [1.29, 1.82) is 0 Å². The van der Waals surface area contributed by atoms with Crippen molar-refractivity contribution in [2.75, 3.05) is 5.32 Å². The van der Waals surface area contributed by atoms with Gasteiger partial charge in [0.15, 0.2) is 0 Å². The summed E-state index contributed by atoms with van der Waals surface area (Å²) in [6.07, 6.45) is 2.35. The molecule has 0 aliphatic heterocycles. The zero-order chi connectivity index (χ0) is 19.3. The van der Waals surface area contributed by atoms with Crippen molar-refractivity contribution < 1.29 is 4.79 Å². The molecule has 5 rings (SSSR count). The number of benzene rings is 1. The minimum absolute atomic E-state index is 0.138. The normalized spacial score (nSPS) is 13.9. The molecule has 0 saturated heterocycles. The summed E-state index contributed by atoms with van der Waals surface area (Å²) in [5.41, 5.74) is 3.36. The van der Waals surface area contributed by atoms with Gasteiger partial charge in [0.05, 0.1) is 17.1 Å². The maximum absolute atomic E-state index is 12.7. The Hall–Kier alpha value is -2.58. The third kappa shape index (κ3) is 3.33. The Morgan fingerprint density at radius 1 is 1.18 bits per heavy atom. The summed E-state index contributed by atoms with van der Waals surface area (Å²) in [5.74, 6) is 0.406. The zero-order valence-corrected chi connectivity index (χ0v) is 17.2. The molecule has 1 aliphatic rings. The van der Waals surface area contributed by atoms with Gasteiger partial charge in [-0.25, -0.2) is 0 Å². The third-order valence-electron chi connectivity index (χ3n) is 4.87. The molecule has 0 spiro atoms. The minimum atomic E-state index is -0.138. The van der Waals surface area contributed by atoms with Gasteiger partial charge in [-0.15, -0.1) is 21.5 Å². The number of hydrogen-bond acceptors (Lipinski definition) is 6. The summed E-state index contributed by atoms with van der Waals surface area (Å²) < 4.78 is 1.98. The first-order valence-electron chi connectivity index (χ1n) is 9.24. The van der Waals surface area contributed by atoms with Crippen LogP contribution in [-0.4, -0.2) is 25.9 Å². The number of amides is 1. The van der Waals surface area contributed by atoms with Gasteiger partial charge in [-0.3, -0.25) is 14.8 Å². The second kappa shape index (κ2) is 6.79. The van der Waals surface area contributed by atoms with Crippen LogP contribution in [0, 0.1) is 13.8 Å². The molecule has 0 bridgehead atoms. The number of nitrogens with one attached hydrogen (secondary N) is 1. The van der Waals surface area contributed by atoms with E-state index in [2.05, 4.69) is 51.8 Å². The topological polar surface area (TPSA) is 72.7 Å². The molecule has 3 aromatic heterocycles. The van der Waals surface area contributed by atoms with Gasteiger partial charge in [0.1, 0.15) is 9.84 Å². The van der Waals surface area contributed by atoms with Crippen molar-refractivity contribution in [1.82, 2.24) is 20.0 Å². The SMILES string of the molecule is Cc1ccc(Cn2nc(C)c3cc(C(=O)Nc4nnc(C5CC5)s4)sc32)cc1. The van der Waals surface area contributed by atoms with Crippen LogP contribution in [0.4, 0.5) is 5.13 Å². The summed E-state index contributed by atoms with van der Waals surface area (Å²) in [6, 6.07) is 10.4. The number of carbonyl (C=O) groups is 1. The molecule has 142 valence electrons. The molecule has 1 amide bonds. The quantitative estimate of drug-likeness (QED) is 0.516. The number of anilines is 1. The van der Waals surface area contributed by atoms with Crippen molar-refractivity contribution in [3.63, 3.8) is 0 Å². The molecule has 8 heteroatoms. The van der Waals surface area contributed by atoms with Crippen LogP contribution in [-0.2, 0) is 6.54 Å². The van der Waals surface area contributed by atoms with Gasteiger partial charge in [-0.05, 0) is 38.3 Å². The lowest BCUT2D eigenvalue weighted by Crippen LogP contribution is -2.09. The fourth-order valence-electron chi connectivity index (χ4n) is 3.14. The Morgan fingerprint density at radius 3 is 2.71 bits per heavy atom.